The highest BCUT2D eigenvalue weighted by molar-refractivity contribution is 6.31. The highest BCUT2D eigenvalue weighted by Gasteiger charge is 2.30. The van der Waals surface area contributed by atoms with Gasteiger partial charge in [-0.2, -0.15) is 5.10 Å². The molecular weight excluding hydrogens is 370 g/mol. The van der Waals surface area contributed by atoms with Gasteiger partial charge >= 0.3 is 0 Å². The van der Waals surface area contributed by atoms with Crippen LogP contribution in [0.4, 0.5) is 0 Å². The number of benzene rings is 2. The number of fused-ring (bicyclic) bond motifs is 1. The number of carbonyl (C=O) groups excluding carboxylic acids is 1. The first-order chi connectivity index (χ1) is 13.4. The fraction of sp³-hybridized carbons (Fsp3) is 0.391. The molecule has 5 heteroatoms. The van der Waals surface area contributed by atoms with Crippen LogP contribution in [0.25, 0.3) is 22.2 Å². The number of rotatable bonds is 3. The van der Waals surface area contributed by atoms with Gasteiger partial charge in [0.1, 0.15) is 11.7 Å². The topological polar surface area (TPSA) is 38.1 Å². The Bertz CT molecular complexity index is 988. The summed E-state index contributed by atoms with van der Waals surface area (Å²) in [5.41, 5.74) is 2.81. The number of halogens is 1. The van der Waals surface area contributed by atoms with E-state index in [1.807, 2.05) is 65.0 Å². The molecule has 2 aromatic carbocycles. The molecule has 1 aliphatic rings. The van der Waals surface area contributed by atoms with Gasteiger partial charge in [-0.15, -0.1) is 0 Å². The zero-order valence-corrected chi connectivity index (χ0v) is 17.4. The fourth-order valence-corrected chi connectivity index (χ4v) is 4.60. The minimum Gasteiger partial charge on any atom is -0.340 e. The Hall–Kier alpha value is -2.33. The summed E-state index contributed by atoms with van der Waals surface area (Å²) in [5.74, 6) is 1.21. The van der Waals surface area contributed by atoms with Crippen molar-refractivity contribution in [1.29, 1.82) is 0 Å². The Kier molecular flexibility index (Phi) is 5.15. The molecule has 146 valence electrons. The van der Waals surface area contributed by atoms with Crippen LogP contribution in [0.5, 0.6) is 0 Å². The number of piperidine rings is 1. The molecule has 0 N–H and O–H groups in total. The smallest absolute Gasteiger partial charge is 0.247 e. The van der Waals surface area contributed by atoms with E-state index in [4.69, 9.17) is 16.7 Å². The van der Waals surface area contributed by atoms with Crippen molar-refractivity contribution in [2.24, 2.45) is 11.8 Å². The number of nitrogens with zero attached hydrogens (tertiary/aromatic N) is 3. The number of carbonyl (C=O) groups is 1. The van der Waals surface area contributed by atoms with Crippen LogP contribution in [0.3, 0.4) is 0 Å². The molecule has 4 nitrogen and oxygen atoms in total. The highest BCUT2D eigenvalue weighted by atomic mass is 35.5. The second-order valence-corrected chi connectivity index (χ2v) is 8.62. The van der Waals surface area contributed by atoms with Crippen LogP contribution in [0.2, 0.25) is 5.02 Å². The van der Waals surface area contributed by atoms with E-state index in [0.29, 0.717) is 16.9 Å². The molecule has 4 rings (SSSR count). The van der Waals surface area contributed by atoms with Crippen LogP contribution >= 0.6 is 11.6 Å². The Morgan fingerprint density at radius 1 is 1.11 bits per heavy atom. The molecule has 1 amide bonds. The number of aromatic nitrogens is 2. The lowest BCUT2D eigenvalue weighted by Crippen LogP contribution is -2.45. The maximum Gasteiger partial charge on any atom is 0.247 e. The van der Waals surface area contributed by atoms with Crippen LogP contribution in [0.15, 0.2) is 48.5 Å². The number of amides is 1. The summed E-state index contributed by atoms with van der Waals surface area (Å²) in [6, 6.07) is 15.4. The van der Waals surface area contributed by atoms with Crippen molar-refractivity contribution in [2.75, 3.05) is 13.1 Å². The highest BCUT2D eigenvalue weighted by Crippen LogP contribution is 2.32. The summed E-state index contributed by atoms with van der Waals surface area (Å²) >= 11 is 6.27. The van der Waals surface area contributed by atoms with E-state index in [9.17, 15) is 4.79 Å². The molecule has 3 aromatic rings. The summed E-state index contributed by atoms with van der Waals surface area (Å²) in [7, 11) is 0. The largest absolute Gasteiger partial charge is 0.340 e. The molecule has 28 heavy (non-hydrogen) atoms. The van der Waals surface area contributed by atoms with Gasteiger partial charge < -0.3 is 4.90 Å². The standard InChI is InChI=1S/C23H26ClN3O/c1-15-11-16(2)14-26(13-15)23(28)17(3)27-21-10-9-19(24)12-20(21)22(25-27)18-7-5-4-6-8-18/h4-10,12,15-17H,11,13-14H2,1-3H3/t15-,16+,17-/m1/s1. The van der Waals surface area contributed by atoms with Gasteiger partial charge in [0, 0.05) is 29.1 Å². The minimum absolute atomic E-state index is 0.136. The van der Waals surface area contributed by atoms with Gasteiger partial charge in [-0.05, 0) is 43.4 Å². The third-order valence-corrected chi connectivity index (χ3v) is 5.86. The third kappa shape index (κ3) is 3.53. The van der Waals surface area contributed by atoms with Crippen molar-refractivity contribution in [1.82, 2.24) is 14.7 Å². The van der Waals surface area contributed by atoms with Crippen LogP contribution in [-0.4, -0.2) is 33.7 Å². The molecule has 0 radical (unpaired) electrons. The first-order valence-corrected chi connectivity index (χ1v) is 10.3. The molecule has 0 saturated carbocycles. The van der Waals surface area contributed by atoms with Gasteiger partial charge in [0.25, 0.3) is 0 Å². The fourth-order valence-electron chi connectivity index (χ4n) is 4.43. The zero-order chi connectivity index (χ0) is 19.8. The summed E-state index contributed by atoms with van der Waals surface area (Å²) in [6.45, 7) is 8.04. The Morgan fingerprint density at radius 2 is 1.79 bits per heavy atom. The van der Waals surface area contributed by atoms with E-state index in [-0.39, 0.29) is 11.9 Å². The molecule has 3 atom stereocenters. The molecule has 0 spiro atoms. The first-order valence-electron chi connectivity index (χ1n) is 9.96. The van der Waals surface area contributed by atoms with Crippen LogP contribution in [0, 0.1) is 11.8 Å². The normalized spacial score (nSPS) is 21.1. The van der Waals surface area contributed by atoms with Crippen molar-refractivity contribution in [2.45, 2.75) is 33.2 Å². The molecular formula is C23H26ClN3O. The second-order valence-electron chi connectivity index (χ2n) is 8.19. The zero-order valence-electron chi connectivity index (χ0n) is 16.6. The second kappa shape index (κ2) is 7.59. The molecule has 0 unspecified atom stereocenters. The quantitative estimate of drug-likeness (QED) is 0.593. The van der Waals surface area contributed by atoms with Crippen LogP contribution in [0.1, 0.15) is 33.2 Å². The van der Waals surface area contributed by atoms with Gasteiger partial charge in [0.2, 0.25) is 5.91 Å². The summed E-state index contributed by atoms with van der Waals surface area (Å²) < 4.78 is 1.86. The predicted molar refractivity (Wildman–Crippen MR) is 114 cm³/mol. The Morgan fingerprint density at radius 3 is 2.46 bits per heavy atom. The van der Waals surface area contributed by atoms with E-state index in [0.717, 1.165) is 35.2 Å². The summed E-state index contributed by atoms with van der Waals surface area (Å²) in [4.78, 5) is 15.3. The van der Waals surface area contributed by atoms with Gasteiger partial charge in [0.15, 0.2) is 0 Å². The lowest BCUT2D eigenvalue weighted by atomic mass is 9.91. The monoisotopic (exact) mass is 395 g/mol. The van der Waals surface area contributed by atoms with Crippen molar-refractivity contribution >= 4 is 28.4 Å². The van der Waals surface area contributed by atoms with Crippen LogP contribution < -0.4 is 0 Å². The molecule has 1 aromatic heterocycles. The Balaban J connectivity index is 1.75. The van der Waals surface area contributed by atoms with E-state index < -0.39 is 0 Å². The van der Waals surface area contributed by atoms with E-state index >= 15 is 0 Å². The number of hydrogen-bond donors (Lipinski definition) is 0. The van der Waals surface area contributed by atoms with Crippen molar-refractivity contribution < 1.29 is 4.79 Å². The van der Waals surface area contributed by atoms with Crippen molar-refractivity contribution in [3.63, 3.8) is 0 Å². The number of hydrogen-bond acceptors (Lipinski definition) is 2. The van der Waals surface area contributed by atoms with Crippen molar-refractivity contribution in [3.8, 4) is 11.3 Å². The van der Waals surface area contributed by atoms with Gasteiger partial charge in [-0.1, -0.05) is 55.8 Å². The van der Waals surface area contributed by atoms with E-state index in [1.165, 1.54) is 6.42 Å². The molecule has 0 aliphatic carbocycles. The first kappa shape index (κ1) is 19.0. The molecule has 1 aliphatic heterocycles. The number of likely N-dealkylation sites (tertiary alicyclic amines) is 1. The molecule has 0 bridgehead atoms. The average Bonchev–Trinajstić information content (AvgIpc) is 3.05. The predicted octanol–water partition coefficient (Wildman–Crippen LogP) is 5.42. The molecule has 2 heterocycles. The minimum atomic E-state index is -0.362. The van der Waals surface area contributed by atoms with Gasteiger partial charge in [-0.3, -0.25) is 9.48 Å². The SMILES string of the molecule is C[C@@H]1C[C@H](C)CN(C(=O)[C@@H](C)n2nc(-c3ccccc3)c3cc(Cl)ccc32)C1. The third-order valence-electron chi connectivity index (χ3n) is 5.62. The maximum atomic E-state index is 13.3. The molecule has 1 saturated heterocycles. The van der Waals surface area contributed by atoms with Crippen LogP contribution in [-0.2, 0) is 4.79 Å². The molecule has 1 fully saturated rings. The van der Waals surface area contributed by atoms with Crippen molar-refractivity contribution in [3.05, 3.63) is 53.6 Å². The van der Waals surface area contributed by atoms with E-state index in [1.54, 1.807) is 0 Å². The van der Waals surface area contributed by atoms with Gasteiger partial charge in [-0.25, -0.2) is 0 Å². The average molecular weight is 396 g/mol. The lowest BCUT2D eigenvalue weighted by Gasteiger charge is -2.36. The van der Waals surface area contributed by atoms with E-state index in [2.05, 4.69) is 13.8 Å². The Labute approximate surface area is 171 Å². The summed E-state index contributed by atoms with van der Waals surface area (Å²) in [6.07, 6.45) is 1.18. The van der Waals surface area contributed by atoms with Gasteiger partial charge in [0.05, 0.1) is 5.52 Å². The lowest BCUT2D eigenvalue weighted by molar-refractivity contribution is -0.137. The summed E-state index contributed by atoms with van der Waals surface area (Å²) in [5, 5.41) is 6.50. The maximum absolute atomic E-state index is 13.3.